The summed E-state index contributed by atoms with van der Waals surface area (Å²) in [6.07, 6.45) is 3.67. The van der Waals surface area contributed by atoms with Gasteiger partial charge in [0.15, 0.2) is 0 Å². The highest BCUT2D eigenvalue weighted by Gasteiger charge is 2.11. The maximum atomic E-state index is 5.31. The van der Waals surface area contributed by atoms with E-state index in [4.69, 9.17) is 4.74 Å². The van der Waals surface area contributed by atoms with Crippen LogP contribution in [-0.4, -0.2) is 18.7 Å². The highest BCUT2D eigenvalue weighted by molar-refractivity contribution is 7.98. The second-order valence-corrected chi connectivity index (χ2v) is 5.21. The Morgan fingerprint density at radius 3 is 2.50 bits per heavy atom. The smallest absolute Gasteiger partial charge is 0.0622 e. The van der Waals surface area contributed by atoms with Gasteiger partial charge in [0.2, 0.25) is 0 Å². The first-order valence-corrected chi connectivity index (χ1v) is 6.99. The first-order chi connectivity index (χ1) is 8.90. The van der Waals surface area contributed by atoms with Gasteiger partial charge in [0, 0.05) is 25.3 Å². The van der Waals surface area contributed by atoms with Crippen LogP contribution in [0.2, 0.25) is 0 Å². The molecule has 0 aliphatic heterocycles. The van der Waals surface area contributed by atoms with Crippen LogP contribution in [0.1, 0.15) is 16.4 Å². The molecule has 2 nitrogen and oxygen atoms in total. The quantitative estimate of drug-likeness (QED) is 0.789. The van der Waals surface area contributed by atoms with Crippen molar-refractivity contribution >= 4 is 11.8 Å². The number of pyridine rings is 1. The Morgan fingerprint density at radius 2 is 1.83 bits per heavy atom. The molecule has 1 heterocycles. The van der Waals surface area contributed by atoms with Gasteiger partial charge in [-0.2, -0.15) is 0 Å². The molecule has 0 aliphatic rings. The summed E-state index contributed by atoms with van der Waals surface area (Å²) in [5.41, 5.74) is 2.62. The Labute approximate surface area is 112 Å². The fourth-order valence-electron chi connectivity index (χ4n) is 1.74. The monoisotopic (exact) mass is 259 g/mol. The Bertz CT molecular complexity index is 447. The van der Waals surface area contributed by atoms with Gasteiger partial charge >= 0.3 is 0 Å². The Morgan fingerprint density at radius 1 is 1.11 bits per heavy atom. The van der Waals surface area contributed by atoms with Gasteiger partial charge in [-0.05, 0) is 23.3 Å². The SMILES string of the molecule is COCC(SCc1ccncc1)c1ccccc1. The number of benzene rings is 1. The van der Waals surface area contributed by atoms with Crippen molar-refractivity contribution in [3.05, 3.63) is 66.0 Å². The molecule has 2 rings (SSSR count). The molecule has 0 amide bonds. The van der Waals surface area contributed by atoms with E-state index in [0.29, 0.717) is 5.25 Å². The Kier molecular flexibility index (Phi) is 5.24. The minimum atomic E-state index is 0.379. The van der Waals surface area contributed by atoms with Crippen LogP contribution in [0.15, 0.2) is 54.9 Å². The molecule has 18 heavy (non-hydrogen) atoms. The van der Waals surface area contributed by atoms with Crippen molar-refractivity contribution in [3.8, 4) is 0 Å². The molecule has 0 aliphatic carbocycles. The van der Waals surface area contributed by atoms with E-state index < -0.39 is 0 Å². The minimum Gasteiger partial charge on any atom is -0.383 e. The maximum absolute atomic E-state index is 5.31. The van der Waals surface area contributed by atoms with Gasteiger partial charge in [0.05, 0.1) is 11.9 Å². The van der Waals surface area contributed by atoms with Gasteiger partial charge in [-0.1, -0.05) is 30.3 Å². The molecule has 0 spiro atoms. The number of aromatic nitrogens is 1. The van der Waals surface area contributed by atoms with Crippen LogP contribution in [0.25, 0.3) is 0 Å². The van der Waals surface area contributed by atoms with Crippen LogP contribution in [0.4, 0.5) is 0 Å². The molecule has 3 heteroatoms. The summed E-state index contributed by atoms with van der Waals surface area (Å²) in [7, 11) is 1.75. The molecule has 1 aromatic carbocycles. The lowest BCUT2D eigenvalue weighted by Crippen LogP contribution is -2.02. The standard InChI is InChI=1S/C15H17NOS/c1-17-11-15(14-5-3-2-4-6-14)18-12-13-7-9-16-10-8-13/h2-10,15H,11-12H2,1H3. The maximum Gasteiger partial charge on any atom is 0.0622 e. The van der Waals surface area contributed by atoms with Gasteiger partial charge in [0.25, 0.3) is 0 Å². The van der Waals surface area contributed by atoms with E-state index in [-0.39, 0.29) is 0 Å². The fourth-order valence-corrected chi connectivity index (χ4v) is 2.90. The van der Waals surface area contributed by atoms with Crippen molar-refractivity contribution in [3.63, 3.8) is 0 Å². The number of rotatable bonds is 6. The third-order valence-electron chi connectivity index (χ3n) is 2.69. The molecular formula is C15H17NOS. The van der Waals surface area contributed by atoms with Crippen LogP contribution in [0.5, 0.6) is 0 Å². The zero-order chi connectivity index (χ0) is 12.6. The van der Waals surface area contributed by atoms with Gasteiger partial charge in [0.1, 0.15) is 0 Å². The first-order valence-electron chi connectivity index (χ1n) is 5.94. The number of thioether (sulfide) groups is 1. The third kappa shape index (κ3) is 3.86. The molecule has 0 bridgehead atoms. The lowest BCUT2D eigenvalue weighted by molar-refractivity contribution is 0.200. The van der Waals surface area contributed by atoms with Gasteiger partial charge in [-0.15, -0.1) is 11.8 Å². The van der Waals surface area contributed by atoms with Crippen LogP contribution < -0.4 is 0 Å². The van der Waals surface area contributed by atoms with E-state index >= 15 is 0 Å². The summed E-state index contributed by atoms with van der Waals surface area (Å²) in [6, 6.07) is 14.6. The third-order valence-corrected chi connectivity index (χ3v) is 4.00. The predicted molar refractivity (Wildman–Crippen MR) is 76.6 cm³/mol. The highest BCUT2D eigenvalue weighted by Crippen LogP contribution is 2.31. The van der Waals surface area contributed by atoms with Crippen molar-refractivity contribution in [1.29, 1.82) is 0 Å². The van der Waals surface area contributed by atoms with Crippen molar-refractivity contribution < 1.29 is 4.74 Å². The van der Waals surface area contributed by atoms with E-state index in [1.54, 1.807) is 7.11 Å². The Hall–Kier alpha value is -1.32. The van der Waals surface area contributed by atoms with Crippen LogP contribution >= 0.6 is 11.8 Å². The lowest BCUT2D eigenvalue weighted by Gasteiger charge is -2.16. The fraction of sp³-hybridized carbons (Fsp3) is 0.267. The second kappa shape index (κ2) is 7.19. The minimum absolute atomic E-state index is 0.379. The lowest BCUT2D eigenvalue weighted by atomic mass is 10.1. The van der Waals surface area contributed by atoms with E-state index in [1.165, 1.54) is 11.1 Å². The first kappa shape index (κ1) is 13.1. The van der Waals surface area contributed by atoms with Crippen LogP contribution in [0, 0.1) is 0 Å². The van der Waals surface area contributed by atoms with Crippen LogP contribution in [0.3, 0.4) is 0 Å². The topological polar surface area (TPSA) is 22.1 Å². The molecule has 0 saturated heterocycles. The molecular weight excluding hydrogens is 242 g/mol. The summed E-state index contributed by atoms with van der Waals surface area (Å²) in [4.78, 5) is 4.03. The number of hydrogen-bond acceptors (Lipinski definition) is 3. The van der Waals surface area contributed by atoms with E-state index in [1.807, 2.05) is 30.2 Å². The molecule has 0 N–H and O–H groups in total. The van der Waals surface area contributed by atoms with E-state index in [0.717, 1.165) is 12.4 Å². The van der Waals surface area contributed by atoms with Gasteiger partial charge in [-0.3, -0.25) is 4.98 Å². The normalized spacial score (nSPS) is 12.3. The molecule has 0 saturated carbocycles. The highest BCUT2D eigenvalue weighted by atomic mass is 32.2. The summed E-state index contributed by atoms with van der Waals surface area (Å²) in [5, 5.41) is 0.379. The van der Waals surface area contributed by atoms with Crippen LogP contribution in [-0.2, 0) is 10.5 Å². The predicted octanol–water partition coefficient (Wildman–Crippen LogP) is 3.70. The van der Waals surface area contributed by atoms with Crippen molar-refractivity contribution in [2.75, 3.05) is 13.7 Å². The zero-order valence-corrected chi connectivity index (χ0v) is 11.3. The zero-order valence-electron chi connectivity index (χ0n) is 10.5. The number of methoxy groups -OCH3 is 1. The van der Waals surface area contributed by atoms with Gasteiger partial charge in [-0.25, -0.2) is 0 Å². The number of nitrogens with zero attached hydrogens (tertiary/aromatic N) is 1. The average molecular weight is 259 g/mol. The molecule has 0 fully saturated rings. The van der Waals surface area contributed by atoms with Crippen molar-refractivity contribution in [2.45, 2.75) is 11.0 Å². The van der Waals surface area contributed by atoms with Crippen molar-refractivity contribution in [2.24, 2.45) is 0 Å². The van der Waals surface area contributed by atoms with Crippen molar-refractivity contribution in [1.82, 2.24) is 4.98 Å². The number of ether oxygens (including phenoxy) is 1. The summed E-state index contributed by atoms with van der Waals surface area (Å²) in [5.74, 6) is 0.978. The number of hydrogen-bond donors (Lipinski definition) is 0. The molecule has 1 aromatic heterocycles. The summed E-state index contributed by atoms with van der Waals surface area (Å²) < 4.78 is 5.31. The van der Waals surface area contributed by atoms with Gasteiger partial charge < -0.3 is 4.74 Å². The molecule has 1 atom stereocenters. The Balaban J connectivity index is 1.99. The van der Waals surface area contributed by atoms with E-state index in [2.05, 4.69) is 41.4 Å². The molecule has 0 radical (unpaired) electrons. The molecule has 1 unspecified atom stereocenters. The molecule has 2 aromatic rings. The molecule has 94 valence electrons. The summed E-state index contributed by atoms with van der Waals surface area (Å²) >= 11 is 1.90. The van der Waals surface area contributed by atoms with E-state index in [9.17, 15) is 0 Å². The second-order valence-electron chi connectivity index (χ2n) is 4.02. The largest absolute Gasteiger partial charge is 0.383 e. The average Bonchev–Trinajstić information content (AvgIpc) is 2.45. The summed E-state index contributed by atoms with van der Waals surface area (Å²) in [6.45, 7) is 0.736.